The third kappa shape index (κ3) is 3.72. The first-order valence-electron chi connectivity index (χ1n) is 6.03. The van der Waals surface area contributed by atoms with E-state index in [1.54, 1.807) is 12.1 Å². The second kappa shape index (κ2) is 6.13. The molecule has 0 radical (unpaired) electrons. The van der Waals surface area contributed by atoms with Crippen molar-refractivity contribution in [3.05, 3.63) is 35.4 Å². The molecule has 116 valence electrons. The summed E-state index contributed by atoms with van der Waals surface area (Å²) in [5, 5.41) is 10.2. The van der Waals surface area contributed by atoms with Crippen molar-refractivity contribution in [2.45, 2.75) is 25.1 Å². The summed E-state index contributed by atoms with van der Waals surface area (Å²) in [6.45, 7) is 0.798. The highest BCUT2D eigenvalue weighted by atomic mass is 19.4. The summed E-state index contributed by atoms with van der Waals surface area (Å²) in [5.74, 6) is -3.29. The molecule has 0 bridgehead atoms. The Morgan fingerprint density at radius 2 is 1.76 bits per heavy atom. The molecule has 0 fully saturated rings. The van der Waals surface area contributed by atoms with Crippen molar-refractivity contribution in [3.63, 3.8) is 0 Å². The Hall–Kier alpha value is -2.09. The van der Waals surface area contributed by atoms with Crippen molar-refractivity contribution >= 4 is 11.9 Å². The molecule has 0 aliphatic heterocycles. The smallest absolute Gasteiger partial charge is 0.422 e. The van der Waals surface area contributed by atoms with E-state index in [4.69, 9.17) is 10.8 Å². The molecule has 0 saturated heterocycles. The molecule has 4 N–H and O–H groups in total. The average Bonchev–Trinajstić information content (AvgIpc) is 2.38. The molecule has 1 atom stereocenters. The van der Waals surface area contributed by atoms with E-state index >= 15 is 0 Å². The maximum Gasteiger partial charge on any atom is 0.422 e. The molecule has 1 amide bonds. The Bertz CT molecular complexity index is 528. The average molecular weight is 304 g/mol. The van der Waals surface area contributed by atoms with E-state index in [2.05, 4.69) is 0 Å². The van der Waals surface area contributed by atoms with Crippen molar-refractivity contribution < 1.29 is 27.9 Å². The fourth-order valence-electron chi connectivity index (χ4n) is 1.53. The Kier molecular flexibility index (Phi) is 4.95. The van der Waals surface area contributed by atoms with E-state index in [1.807, 2.05) is 0 Å². The lowest BCUT2D eigenvalue weighted by Gasteiger charge is -2.28. The van der Waals surface area contributed by atoms with E-state index in [1.165, 1.54) is 17.4 Å². The number of carboxylic acid groups (broad SMARTS) is 1. The van der Waals surface area contributed by atoms with Crippen molar-refractivity contribution in [1.82, 2.24) is 5.32 Å². The summed E-state index contributed by atoms with van der Waals surface area (Å²) in [4.78, 5) is 22.6. The molecular formula is C13H15F3N2O3. The summed E-state index contributed by atoms with van der Waals surface area (Å²) in [6.07, 6.45) is -4.55. The molecule has 0 spiro atoms. The van der Waals surface area contributed by atoms with E-state index in [0.717, 1.165) is 5.56 Å². The number of amides is 1. The molecule has 0 saturated carbocycles. The van der Waals surface area contributed by atoms with Crippen LogP contribution in [0.4, 0.5) is 13.2 Å². The maximum absolute atomic E-state index is 12.8. The van der Waals surface area contributed by atoms with Crippen LogP contribution in [0.25, 0.3) is 0 Å². The van der Waals surface area contributed by atoms with Gasteiger partial charge in [-0.1, -0.05) is 12.1 Å². The molecule has 0 aliphatic rings. The largest absolute Gasteiger partial charge is 0.479 e. The zero-order chi connectivity index (χ0) is 16.3. The maximum atomic E-state index is 12.8. The van der Waals surface area contributed by atoms with Crippen LogP contribution in [0.3, 0.4) is 0 Å². The van der Waals surface area contributed by atoms with Crippen LogP contribution in [0.15, 0.2) is 24.3 Å². The van der Waals surface area contributed by atoms with Gasteiger partial charge in [0.05, 0.1) is 0 Å². The van der Waals surface area contributed by atoms with Crippen LogP contribution in [0.1, 0.15) is 22.8 Å². The monoisotopic (exact) mass is 304 g/mol. The highest BCUT2D eigenvalue weighted by Crippen LogP contribution is 2.30. The number of hydrogen-bond donors (Lipinski definition) is 3. The van der Waals surface area contributed by atoms with Crippen molar-refractivity contribution in [2.75, 3.05) is 6.54 Å². The van der Waals surface area contributed by atoms with Crippen LogP contribution < -0.4 is 11.1 Å². The Labute approximate surface area is 118 Å². The number of carbonyl (C=O) groups excluding carboxylic acids is 1. The summed E-state index contributed by atoms with van der Waals surface area (Å²) in [5.41, 5.74) is 2.77. The normalized spacial score (nSPS) is 14.3. The molecule has 1 aromatic rings. The van der Waals surface area contributed by atoms with Gasteiger partial charge in [0.2, 0.25) is 5.54 Å². The molecule has 1 rings (SSSR count). The zero-order valence-corrected chi connectivity index (χ0v) is 11.2. The minimum absolute atomic E-state index is 0.0625. The number of nitrogens with two attached hydrogens (primary N) is 1. The van der Waals surface area contributed by atoms with Gasteiger partial charge in [-0.3, -0.25) is 4.79 Å². The number of carboxylic acids is 1. The van der Waals surface area contributed by atoms with Crippen LogP contribution in [0.5, 0.6) is 0 Å². The van der Waals surface area contributed by atoms with E-state index in [9.17, 15) is 22.8 Å². The van der Waals surface area contributed by atoms with Crippen molar-refractivity contribution in [3.8, 4) is 0 Å². The number of carbonyl (C=O) groups is 2. The fourth-order valence-corrected chi connectivity index (χ4v) is 1.53. The van der Waals surface area contributed by atoms with Gasteiger partial charge in [-0.25, -0.2) is 4.79 Å². The van der Waals surface area contributed by atoms with Crippen LogP contribution >= 0.6 is 0 Å². The summed E-state index contributed by atoms with van der Waals surface area (Å²) in [7, 11) is 0. The van der Waals surface area contributed by atoms with Gasteiger partial charge in [0, 0.05) is 5.56 Å². The second-order valence-corrected chi connectivity index (χ2v) is 4.62. The lowest BCUT2D eigenvalue weighted by atomic mass is 10.0. The molecular weight excluding hydrogens is 289 g/mol. The molecule has 0 heterocycles. The number of rotatable bonds is 5. The minimum Gasteiger partial charge on any atom is -0.479 e. The van der Waals surface area contributed by atoms with Crippen LogP contribution in [0.2, 0.25) is 0 Å². The summed E-state index contributed by atoms with van der Waals surface area (Å²) >= 11 is 0. The molecule has 0 aromatic heterocycles. The first kappa shape index (κ1) is 17.0. The predicted molar refractivity (Wildman–Crippen MR) is 68.8 cm³/mol. The molecule has 21 heavy (non-hydrogen) atoms. The van der Waals surface area contributed by atoms with Crippen molar-refractivity contribution in [1.29, 1.82) is 0 Å². The summed E-state index contributed by atoms with van der Waals surface area (Å²) in [6, 6.07) is 5.74. The van der Waals surface area contributed by atoms with Gasteiger partial charge in [-0.15, -0.1) is 0 Å². The topological polar surface area (TPSA) is 92.4 Å². The Morgan fingerprint density at radius 1 is 1.24 bits per heavy atom. The predicted octanol–water partition coefficient (Wildman–Crippen LogP) is 1.32. The first-order valence-corrected chi connectivity index (χ1v) is 6.03. The third-order valence-corrected chi connectivity index (χ3v) is 3.01. The molecule has 0 aliphatic carbocycles. The first-order chi connectivity index (χ1) is 9.61. The highest BCUT2D eigenvalue weighted by Gasteiger charge is 2.58. The molecule has 1 unspecified atom stereocenters. The molecule has 5 nitrogen and oxygen atoms in total. The van der Waals surface area contributed by atoms with E-state index in [0.29, 0.717) is 19.9 Å². The van der Waals surface area contributed by atoms with Crippen molar-refractivity contribution in [2.24, 2.45) is 5.73 Å². The summed E-state index contributed by atoms with van der Waals surface area (Å²) < 4.78 is 38.4. The van der Waals surface area contributed by atoms with Gasteiger partial charge >= 0.3 is 12.1 Å². The Balaban J connectivity index is 2.95. The van der Waals surface area contributed by atoms with Crippen LogP contribution in [0, 0.1) is 0 Å². The fraction of sp³-hybridized carbons (Fsp3) is 0.385. The van der Waals surface area contributed by atoms with Crippen LogP contribution in [-0.4, -0.2) is 35.2 Å². The van der Waals surface area contributed by atoms with Gasteiger partial charge in [0.25, 0.3) is 5.91 Å². The lowest BCUT2D eigenvalue weighted by Crippen LogP contribution is -2.61. The van der Waals surface area contributed by atoms with Gasteiger partial charge in [0.15, 0.2) is 0 Å². The van der Waals surface area contributed by atoms with E-state index < -0.39 is 23.6 Å². The zero-order valence-electron chi connectivity index (χ0n) is 11.2. The number of halogens is 3. The molecule has 1 aromatic carbocycles. The van der Waals surface area contributed by atoms with E-state index in [-0.39, 0.29) is 5.56 Å². The lowest BCUT2D eigenvalue weighted by molar-refractivity contribution is -0.203. The Morgan fingerprint density at radius 3 is 2.14 bits per heavy atom. The SMILES string of the molecule is CC(NC(=O)c1ccc(CCN)cc1)(C(=O)O)C(F)(F)F. The number of aliphatic carboxylic acids is 1. The van der Waals surface area contributed by atoms with Gasteiger partial charge in [-0.05, 0) is 37.6 Å². The number of benzene rings is 1. The van der Waals surface area contributed by atoms with Gasteiger partial charge < -0.3 is 16.2 Å². The number of alkyl halides is 3. The van der Waals surface area contributed by atoms with Gasteiger partial charge in [-0.2, -0.15) is 13.2 Å². The van der Waals surface area contributed by atoms with Gasteiger partial charge in [0.1, 0.15) is 0 Å². The third-order valence-electron chi connectivity index (χ3n) is 3.01. The number of hydrogen-bond acceptors (Lipinski definition) is 3. The second-order valence-electron chi connectivity index (χ2n) is 4.62. The number of nitrogens with one attached hydrogen (secondary N) is 1. The standard InChI is InChI=1S/C13H15F3N2O3/c1-12(11(20)21,13(14,15)16)18-10(19)9-4-2-8(3-5-9)6-7-17/h2-5H,6-7,17H2,1H3,(H,18,19)(H,20,21). The van der Waals surface area contributed by atoms with Crippen LogP contribution in [-0.2, 0) is 11.2 Å². The quantitative estimate of drug-likeness (QED) is 0.765. The highest BCUT2D eigenvalue weighted by molar-refractivity contribution is 5.98. The molecule has 8 heteroatoms. The minimum atomic E-state index is -5.12.